The second kappa shape index (κ2) is 7.80. The molecule has 1 aromatic heterocycles. The van der Waals surface area contributed by atoms with E-state index in [1.807, 2.05) is 0 Å². The van der Waals surface area contributed by atoms with Crippen LogP contribution in [0.2, 0.25) is 0 Å². The van der Waals surface area contributed by atoms with Crippen molar-refractivity contribution >= 4 is 46.0 Å². The van der Waals surface area contributed by atoms with E-state index in [1.165, 1.54) is 18.4 Å². The zero-order chi connectivity index (χ0) is 16.8. The van der Waals surface area contributed by atoms with Gasteiger partial charge in [-0.3, -0.25) is 0 Å². The Balaban J connectivity index is 2.11. The third-order valence-corrected chi connectivity index (χ3v) is 3.99. The highest BCUT2D eigenvalue weighted by Crippen LogP contribution is 2.27. The predicted molar refractivity (Wildman–Crippen MR) is 95.0 cm³/mol. The monoisotopic (exact) mass is 352 g/mol. The third kappa shape index (κ3) is 4.33. The number of ether oxygens (including phenoxy) is 3. The Hall–Kier alpha value is -2.32. The molecule has 23 heavy (non-hydrogen) atoms. The summed E-state index contributed by atoms with van der Waals surface area (Å²) in [7, 11) is 4.48. The lowest BCUT2D eigenvalue weighted by molar-refractivity contribution is 0.0607. The lowest BCUT2D eigenvalue weighted by Gasteiger charge is -2.13. The number of benzene rings is 1. The van der Waals surface area contributed by atoms with Crippen molar-refractivity contribution in [3.63, 3.8) is 0 Å². The van der Waals surface area contributed by atoms with Gasteiger partial charge in [-0.2, -0.15) is 0 Å². The van der Waals surface area contributed by atoms with E-state index in [0.29, 0.717) is 32.9 Å². The Morgan fingerprint density at radius 3 is 2.30 bits per heavy atom. The second-order valence-corrected chi connectivity index (χ2v) is 5.66. The number of rotatable bonds is 5. The topological polar surface area (TPSA) is 68.8 Å². The molecule has 1 heterocycles. The van der Waals surface area contributed by atoms with E-state index in [9.17, 15) is 4.79 Å². The summed E-state index contributed by atoms with van der Waals surface area (Å²) in [6.07, 6.45) is 0. The summed E-state index contributed by atoms with van der Waals surface area (Å²) < 4.78 is 15.1. The van der Waals surface area contributed by atoms with Crippen molar-refractivity contribution in [1.29, 1.82) is 0 Å². The van der Waals surface area contributed by atoms with Crippen LogP contribution in [0.3, 0.4) is 0 Å². The summed E-state index contributed by atoms with van der Waals surface area (Å²) in [5.41, 5.74) is 1.29. The highest BCUT2D eigenvalue weighted by atomic mass is 32.1. The fourth-order valence-corrected chi connectivity index (χ4v) is 2.82. The van der Waals surface area contributed by atoms with Gasteiger partial charge in [0, 0.05) is 23.9 Å². The van der Waals surface area contributed by atoms with Crippen LogP contribution in [0.25, 0.3) is 0 Å². The van der Waals surface area contributed by atoms with Crippen molar-refractivity contribution < 1.29 is 19.0 Å². The molecule has 6 nitrogen and oxygen atoms in total. The van der Waals surface area contributed by atoms with Crippen molar-refractivity contribution in [3.8, 4) is 11.5 Å². The van der Waals surface area contributed by atoms with E-state index >= 15 is 0 Å². The van der Waals surface area contributed by atoms with E-state index in [4.69, 9.17) is 26.4 Å². The number of hydrogen-bond donors (Lipinski definition) is 2. The van der Waals surface area contributed by atoms with E-state index < -0.39 is 5.97 Å². The van der Waals surface area contributed by atoms with Gasteiger partial charge in [0.2, 0.25) is 0 Å². The van der Waals surface area contributed by atoms with Crippen LogP contribution in [0.5, 0.6) is 11.5 Å². The van der Waals surface area contributed by atoms with E-state index in [2.05, 4.69) is 10.6 Å². The molecule has 8 heteroatoms. The fourth-order valence-electron chi connectivity index (χ4n) is 1.82. The first-order valence-electron chi connectivity index (χ1n) is 6.54. The minimum Gasteiger partial charge on any atom is -0.497 e. The zero-order valence-electron chi connectivity index (χ0n) is 12.8. The Labute approximate surface area is 143 Å². The molecule has 0 aliphatic rings. The maximum atomic E-state index is 11.7. The van der Waals surface area contributed by atoms with Gasteiger partial charge in [-0.15, -0.1) is 11.3 Å². The molecule has 0 radical (unpaired) electrons. The number of nitrogens with one attached hydrogen (secondary N) is 2. The van der Waals surface area contributed by atoms with Crippen molar-refractivity contribution in [2.24, 2.45) is 0 Å². The third-order valence-electron chi connectivity index (χ3n) is 2.89. The van der Waals surface area contributed by atoms with Gasteiger partial charge in [-0.05, 0) is 23.7 Å². The number of thiocarbonyl (C=S) groups is 1. The van der Waals surface area contributed by atoms with Crippen molar-refractivity contribution in [2.45, 2.75) is 0 Å². The normalized spacial score (nSPS) is 9.87. The molecule has 0 atom stereocenters. The van der Waals surface area contributed by atoms with E-state index in [-0.39, 0.29) is 0 Å². The minimum atomic E-state index is -0.409. The Morgan fingerprint density at radius 2 is 1.74 bits per heavy atom. The standard InChI is InChI=1S/C15H16N2O4S2/c1-19-10-6-9(7-11(8-10)20-2)16-15(22)17-12-4-5-23-13(12)14(18)21-3/h4-8H,1-3H3,(H2,16,17,22). The van der Waals surface area contributed by atoms with Gasteiger partial charge in [-0.25, -0.2) is 4.79 Å². The number of hydrogen-bond acceptors (Lipinski definition) is 6. The van der Waals surface area contributed by atoms with Crippen LogP contribution in [-0.4, -0.2) is 32.4 Å². The molecule has 0 aliphatic heterocycles. The molecule has 0 saturated carbocycles. The molecule has 0 saturated heterocycles. The zero-order valence-corrected chi connectivity index (χ0v) is 14.5. The molecule has 0 bridgehead atoms. The molecule has 0 aliphatic carbocycles. The number of esters is 1. The van der Waals surface area contributed by atoms with Gasteiger partial charge < -0.3 is 24.8 Å². The molecule has 122 valence electrons. The lowest BCUT2D eigenvalue weighted by atomic mass is 10.3. The summed E-state index contributed by atoms with van der Waals surface area (Å²) in [4.78, 5) is 12.1. The lowest BCUT2D eigenvalue weighted by Crippen LogP contribution is -2.20. The first kappa shape index (κ1) is 17.0. The Kier molecular flexibility index (Phi) is 5.78. The van der Waals surface area contributed by atoms with Crippen LogP contribution in [-0.2, 0) is 4.74 Å². The molecule has 2 rings (SSSR count). The highest BCUT2D eigenvalue weighted by Gasteiger charge is 2.14. The molecule has 1 aromatic carbocycles. The SMILES string of the molecule is COC(=O)c1sccc1NC(=S)Nc1cc(OC)cc(OC)c1. The Bertz CT molecular complexity index is 693. The molecule has 0 fully saturated rings. The van der Waals surface area contributed by atoms with Crippen LogP contribution >= 0.6 is 23.6 Å². The second-order valence-electron chi connectivity index (χ2n) is 4.34. The minimum absolute atomic E-state index is 0.337. The number of anilines is 2. The number of carbonyl (C=O) groups is 1. The van der Waals surface area contributed by atoms with Gasteiger partial charge in [0.1, 0.15) is 16.4 Å². The summed E-state index contributed by atoms with van der Waals surface area (Å²) in [5.74, 6) is 0.870. The number of thiophene rings is 1. The van der Waals surface area contributed by atoms with Crippen LogP contribution in [0.4, 0.5) is 11.4 Å². The van der Waals surface area contributed by atoms with Crippen LogP contribution in [0, 0.1) is 0 Å². The van der Waals surface area contributed by atoms with Gasteiger partial charge >= 0.3 is 5.97 Å². The van der Waals surface area contributed by atoms with Crippen LogP contribution in [0.1, 0.15) is 9.67 Å². The number of methoxy groups -OCH3 is 3. The summed E-state index contributed by atoms with van der Waals surface area (Å²) >= 11 is 6.55. The van der Waals surface area contributed by atoms with Crippen LogP contribution in [0.15, 0.2) is 29.6 Å². The van der Waals surface area contributed by atoms with Gasteiger partial charge in [0.05, 0.1) is 27.0 Å². The van der Waals surface area contributed by atoms with E-state index in [0.717, 1.165) is 0 Å². The summed E-state index contributed by atoms with van der Waals surface area (Å²) in [6, 6.07) is 7.09. The Morgan fingerprint density at radius 1 is 1.09 bits per heavy atom. The highest BCUT2D eigenvalue weighted by molar-refractivity contribution is 7.80. The molecule has 0 unspecified atom stereocenters. The summed E-state index contributed by atoms with van der Waals surface area (Å²) in [5, 5.41) is 8.12. The van der Waals surface area contributed by atoms with Gasteiger partial charge in [-0.1, -0.05) is 0 Å². The van der Waals surface area contributed by atoms with Crippen LogP contribution < -0.4 is 20.1 Å². The molecular formula is C15H16N2O4S2. The first-order valence-corrected chi connectivity index (χ1v) is 7.83. The average molecular weight is 352 g/mol. The quantitative estimate of drug-likeness (QED) is 0.632. The number of carbonyl (C=O) groups excluding carboxylic acids is 1. The van der Waals surface area contributed by atoms with Gasteiger partial charge in [0.15, 0.2) is 5.11 Å². The summed E-state index contributed by atoms with van der Waals surface area (Å²) in [6.45, 7) is 0. The first-order chi connectivity index (χ1) is 11.1. The van der Waals surface area contributed by atoms with Crippen molar-refractivity contribution in [2.75, 3.05) is 32.0 Å². The molecular weight excluding hydrogens is 336 g/mol. The molecule has 0 spiro atoms. The van der Waals surface area contributed by atoms with Crippen molar-refractivity contribution in [3.05, 3.63) is 34.5 Å². The largest absolute Gasteiger partial charge is 0.497 e. The van der Waals surface area contributed by atoms with Gasteiger partial charge in [0.25, 0.3) is 0 Å². The molecule has 0 amide bonds. The molecule has 2 aromatic rings. The van der Waals surface area contributed by atoms with Crippen molar-refractivity contribution in [1.82, 2.24) is 0 Å². The smallest absolute Gasteiger partial charge is 0.350 e. The maximum Gasteiger partial charge on any atom is 0.350 e. The molecule has 2 N–H and O–H groups in total. The fraction of sp³-hybridized carbons (Fsp3) is 0.200. The van der Waals surface area contributed by atoms with E-state index in [1.54, 1.807) is 43.9 Å². The average Bonchev–Trinajstić information content (AvgIpc) is 3.01. The maximum absolute atomic E-state index is 11.7. The predicted octanol–water partition coefficient (Wildman–Crippen LogP) is 3.36.